The van der Waals surface area contributed by atoms with Crippen LogP contribution < -0.4 is 0 Å². The summed E-state index contributed by atoms with van der Waals surface area (Å²) in [4.78, 5) is 0. The third-order valence-electron chi connectivity index (χ3n) is 3.10. The van der Waals surface area contributed by atoms with Crippen LogP contribution >= 0.6 is 0 Å². The Morgan fingerprint density at radius 3 is 3.50 bits per heavy atom. The van der Waals surface area contributed by atoms with Crippen molar-refractivity contribution in [1.29, 1.82) is 0 Å². The smallest absolute Gasteiger partial charge is 0.0522 e. The summed E-state index contributed by atoms with van der Waals surface area (Å²) < 4.78 is 0. The van der Waals surface area contributed by atoms with E-state index in [2.05, 4.69) is 17.1 Å². The highest BCUT2D eigenvalue weighted by molar-refractivity contribution is 5.36. The average molecular weight is 134 g/mol. The summed E-state index contributed by atoms with van der Waals surface area (Å²) in [6.07, 6.45) is 3.26. The molecule has 1 aromatic rings. The minimum Gasteiger partial charge on any atom is -0.282 e. The molecule has 1 N–H and O–H groups in total. The van der Waals surface area contributed by atoms with E-state index in [1.807, 2.05) is 6.20 Å². The molecule has 0 aromatic carbocycles. The van der Waals surface area contributed by atoms with Crippen LogP contribution in [0.3, 0.4) is 0 Å². The van der Waals surface area contributed by atoms with Crippen LogP contribution in [0.15, 0.2) is 6.20 Å². The van der Waals surface area contributed by atoms with Gasteiger partial charge >= 0.3 is 0 Å². The van der Waals surface area contributed by atoms with Crippen LogP contribution in [-0.2, 0) is 6.42 Å². The SMILES string of the molecule is C[C@@H]1[C@@H]2Cc3cn[nH]c3[C@H]12. The Hall–Kier alpha value is -0.790. The lowest BCUT2D eigenvalue weighted by Gasteiger charge is -1.93. The van der Waals surface area contributed by atoms with E-state index in [-0.39, 0.29) is 0 Å². The van der Waals surface area contributed by atoms with Gasteiger partial charge in [-0.15, -0.1) is 0 Å². The molecule has 52 valence electrons. The molecule has 10 heavy (non-hydrogen) atoms. The Kier molecular flexibility index (Phi) is 0.636. The van der Waals surface area contributed by atoms with E-state index >= 15 is 0 Å². The predicted molar refractivity (Wildman–Crippen MR) is 37.7 cm³/mol. The lowest BCUT2D eigenvalue weighted by Crippen LogP contribution is -1.86. The normalized spacial score (nSPS) is 41.1. The first-order valence-corrected chi connectivity index (χ1v) is 3.90. The Morgan fingerprint density at radius 2 is 2.60 bits per heavy atom. The zero-order valence-corrected chi connectivity index (χ0v) is 5.96. The van der Waals surface area contributed by atoms with Crippen molar-refractivity contribution in [2.24, 2.45) is 11.8 Å². The molecule has 0 aliphatic heterocycles. The molecular formula is C8H10N2. The van der Waals surface area contributed by atoms with E-state index in [1.54, 1.807) is 0 Å². The number of nitrogens with zero attached hydrogens (tertiary/aromatic N) is 1. The van der Waals surface area contributed by atoms with Crippen LogP contribution in [0.1, 0.15) is 24.1 Å². The highest BCUT2D eigenvalue weighted by Crippen LogP contribution is 2.60. The second-order valence-electron chi connectivity index (χ2n) is 3.56. The van der Waals surface area contributed by atoms with Crippen LogP contribution in [0.5, 0.6) is 0 Å². The van der Waals surface area contributed by atoms with Gasteiger partial charge in [-0.2, -0.15) is 5.10 Å². The molecule has 2 nitrogen and oxygen atoms in total. The number of aromatic amines is 1. The molecule has 0 unspecified atom stereocenters. The van der Waals surface area contributed by atoms with Crippen molar-refractivity contribution < 1.29 is 0 Å². The van der Waals surface area contributed by atoms with E-state index in [0.717, 1.165) is 17.8 Å². The van der Waals surface area contributed by atoms with Gasteiger partial charge in [0.05, 0.1) is 6.20 Å². The standard InChI is InChI=1S/C8H10N2/c1-4-6-2-5-3-9-10-8(5)7(4)6/h3-4,6-7H,2H2,1H3,(H,9,10)/t4-,6+,7-/m1/s1. The number of H-pyrrole nitrogens is 1. The van der Waals surface area contributed by atoms with Gasteiger partial charge in [0, 0.05) is 11.6 Å². The van der Waals surface area contributed by atoms with E-state index in [0.29, 0.717) is 0 Å². The molecule has 1 heterocycles. The third kappa shape index (κ3) is 0.376. The minimum atomic E-state index is 0.845. The number of fused-ring (bicyclic) bond motifs is 3. The Bertz CT molecular complexity index is 277. The molecule has 3 atom stereocenters. The van der Waals surface area contributed by atoms with Gasteiger partial charge in [0.1, 0.15) is 0 Å². The fourth-order valence-corrected chi connectivity index (χ4v) is 2.36. The van der Waals surface area contributed by atoms with Crippen LogP contribution in [0.25, 0.3) is 0 Å². The van der Waals surface area contributed by atoms with Crippen molar-refractivity contribution in [1.82, 2.24) is 10.2 Å². The minimum absolute atomic E-state index is 0.845. The Labute approximate surface area is 59.6 Å². The quantitative estimate of drug-likeness (QED) is 0.569. The van der Waals surface area contributed by atoms with Gasteiger partial charge in [0.15, 0.2) is 0 Å². The first-order chi connectivity index (χ1) is 4.88. The molecule has 2 aliphatic carbocycles. The Morgan fingerprint density at radius 1 is 1.70 bits per heavy atom. The molecule has 2 aliphatic rings. The van der Waals surface area contributed by atoms with E-state index in [4.69, 9.17) is 0 Å². The van der Waals surface area contributed by atoms with Crippen molar-refractivity contribution in [2.75, 3.05) is 0 Å². The summed E-state index contributed by atoms with van der Waals surface area (Å²) in [6.45, 7) is 2.33. The summed E-state index contributed by atoms with van der Waals surface area (Å²) >= 11 is 0. The van der Waals surface area contributed by atoms with E-state index < -0.39 is 0 Å². The fraction of sp³-hybridized carbons (Fsp3) is 0.625. The zero-order chi connectivity index (χ0) is 6.72. The molecule has 1 fully saturated rings. The van der Waals surface area contributed by atoms with E-state index in [1.165, 1.54) is 17.7 Å². The van der Waals surface area contributed by atoms with Crippen molar-refractivity contribution in [3.63, 3.8) is 0 Å². The molecule has 0 bridgehead atoms. The molecule has 0 saturated heterocycles. The summed E-state index contributed by atoms with van der Waals surface area (Å²) in [5.41, 5.74) is 2.89. The molecule has 0 spiro atoms. The number of nitrogens with one attached hydrogen (secondary N) is 1. The van der Waals surface area contributed by atoms with Gasteiger partial charge in [0.25, 0.3) is 0 Å². The average Bonchev–Trinajstić information content (AvgIpc) is 2.27. The van der Waals surface area contributed by atoms with Crippen molar-refractivity contribution >= 4 is 0 Å². The maximum atomic E-state index is 4.03. The lowest BCUT2D eigenvalue weighted by atomic mass is 10.1. The molecule has 3 rings (SSSR count). The zero-order valence-electron chi connectivity index (χ0n) is 5.96. The third-order valence-corrected chi connectivity index (χ3v) is 3.10. The largest absolute Gasteiger partial charge is 0.282 e. The van der Waals surface area contributed by atoms with Crippen molar-refractivity contribution in [2.45, 2.75) is 19.3 Å². The topological polar surface area (TPSA) is 28.7 Å². The van der Waals surface area contributed by atoms with Gasteiger partial charge in [-0.25, -0.2) is 0 Å². The summed E-state index contributed by atoms with van der Waals surface area (Å²) in [7, 11) is 0. The number of aromatic nitrogens is 2. The van der Waals surface area contributed by atoms with E-state index in [9.17, 15) is 0 Å². The molecule has 0 amide bonds. The summed E-state index contributed by atoms with van der Waals surface area (Å²) in [5.74, 6) is 2.73. The lowest BCUT2D eigenvalue weighted by molar-refractivity contribution is 0.752. The number of hydrogen-bond donors (Lipinski definition) is 1. The maximum Gasteiger partial charge on any atom is 0.0522 e. The predicted octanol–water partition coefficient (Wildman–Crippen LogP) is 1.32. The molecule has 1 saturated carbocycles. The molecular weight excluding hydrogens is 124 g/mol. The van der Waals surface area contributed by atoms with Crippen LogP contribution in [0, 0.1) is 11.8 Å². The van der Waals surface area contributed by atoms with Gasteiger partial charge in [-0.3, -0.25) is 5.10 Å². The van der Waals surface area contributed by atoms with Crippen molar-refractivity contribution in [3.8, 4) is 0 Å². The molecule has 0 radical (unpaired) electrons. The van der Waals surface area contributed by atoms with Gasteiger partial charge in [0.2, 0.25) is 0 Å². The van der Waals surface area contributed by atoms with Gasteiger partial charge in [-0.1, -0.05) is 6.92 Å². The first-order valence-electron chi connectivity index (χ1n) is 3.90. The van der Waals surface area contributed by atoms with Crippen LogP contribution in [-0.4, -0.2) is 10.2 Å². The molecule has 2 heteroatoms. The van der Waals surface area contributed by atoms with Gasteiger partial charge < -0.3 is 0 Å². The first kappa shape index (κ1) is 4.94. The Balaban J connectivity index is 2.14. The van der Waals surface area contributed by atoms with Crippen LogP contribution in [0.2, 0.25) is 0 Å². The second-order valence-corrected chi connectivity index (χ2v) is 3.56. The van der Waals surface area contributed by atoms with Crippen LogP contribution in [0.4, 0.5) is 0 Å². The fourth-order valence-electron chi connectivity index (χ4n) is 2.36. The highest BCUT2D eigenvalue weighted by Gasteiger charge is 2.53. The maximum absolute atomic E-state index is 4.03. The number of hydrogen-bond acceptors (Lipinski definition) is 1. The molecule has 1 aromatic heterocycles. The monoisotopic (exact) mass is 134 g/mol. The summed E-state index contributed by atoms with van der Waals surface area (Å²) in [5, 5.41) is 7.12. The van der Waals surface area contributed by atoms with Gasteiger partial charge in [-0.05, 0) is 23.8 Å². The second kappa shape index (κ2) is 1.29. The number of rotatable bonds is 0. The summed E-state index contributed by atoms with van der Waals surface area (Å²) in [6, 6.07) is 0. The van der Waals surface area contributed by atoms with Crippen molar-refractivity contribution in [3.05, 3.63) is 17.5 Å². The highest BCUT2D eigenvalue weighted by atomic mass is 15.1.